The summed E-state index contributed by atoms with van der Waals surface area (Å²) >= 11 is 1.01. The van der Waals surface area contributed by atoms with Crippen LogP contribution in [0.3, 0.4) is 0 Å². The van der Waals surface area contributed by atoms with Crippen LogP contribution >= 0.6 is 11.8 Å². The van der Waals surface area contributed by atoms with Gasteiger partial charge in [0.2, 0.25) is 0 Å². The van der Waals surface area contributed by atoms with Crippen LogP contribution in [0, 0.1) is 18.3 Å². The molecule has 0 aliphatic rings. The Morgan fingerprint density at radius 2 is 1.83 bits per heavy atom. The van der Waals surface area contributed by atoms with Gasteiger partial charge in [0.1, 0.15) is 28.3 Å². The average Bonchev–Trinajstić information content (AvgIpc) is 2.85. The number of thioether (sulfide) groups is 1. The van der Waals surface area contributed by atoms with Gasteiger partial charge in [-0.1, -0.05) is 24.3 Å². The van der Waals surface area contributed by atoms with E-state index in [1.54, 1.807) is 48.5 Å². The number of carbonyl (C=O) groups is 1. The van der Waals surface area contributed by atoms with E-state index in [1.807, 2.05) is 6.07 Å². The molecular weight excluding hydrogens is 477 g/mol. The van der Waals surface area contributed by atoms with Gasteiger partial charge in [0.25, 0.3) is 0 Å². The molecule has 9 heteroatoms. The van der Waals surface area contributed by atoms with Gasteiger partial charge in [0.05, 0.1) is 25.3 Å². The van der Waals surface area contributed by atoms with Gasteiger partial charge in [0.15, 0.2) is 5.78 Å². The molecule has 0 aliphatic heterocycles. The molecule has 5 nitrogen and oxygen atoms in total. The number of ether oxygens (including phenoxy) is 2. The summed E-state index contributed by atoms with van der Waals surface area (Å²) in [6, 6.07) is 14.9. The first kappa shape index (κ1) is 25.8. The summed E-state index contributed by atoms with van der Waals surface area (Å²) in [6.45, 7) is 1.45. The Balaban J connectivity index is 1.87. The van der Waals surface area contributed by atoms with Crippen LogP contribution in [0.4, 0.5) is 13.2 Å². The first-order valence-corrected chi connectivity index (χ1v) is 11.3. The molecule has 0 fully saturated rings. The standard InChI is InChI=1S/C26H21F3N2O3S/c1-16-12-24(26(27,28)29)31-25(20(16)14-30)35-15-18-13-17(9-11-22(18)33-2)8-10-21(32)19-6-4-5-7-23(19)34-3/h4-13H,15H2,1-3H3/b10-8+. The number of halogens is 3. The lowest BCUT2D eigenvalue weighted by atomic mass is 10.1. The normalized spacial score (nSPS) is 11.3. The SMILES string of the molecule is COc1ccc(/C=C/C(=O)c2ccccc2OC)cc1CSc1nc(C(F)(F)F)cc(C)c1C#N. The van der Waals surface area contributed by atoms with Crippen LogP contribution in [0.15, 0.2) is 59.6 Å². The van der Waals surface area contributed by atoms with Crippen molar-refractivity contribution in [3.63, 3.8) is 0 Å². The lowest BCUT2D eigenvalue weighted by Crippen LogP contribution is -2.10. The molecule has 1 heterocycles. The summed E-state index contributed by atoms with van der Waals surface area (Å²) in [7, 11) is 2.97. The van der Waals surface area contributed by atoms with Gasteiger partial charge >= 0.3 is 6.18 Å². The Bertz CT molecular complexity index is 1310. The van der Waals surface area contributed by atoms with E-state index < -0.39 is 11.9 Å². The lowest BCUT2D eigenvalue weighted by Gasteiger charge is -2.13. The molecule has 0 amide bonds. The Morgan fingerprint density at radius 1 is 1.11 bits per heavy atom. The van der Waals surface area contributed by atoms with E-state index >= 15 is 0 Å². The molecule has 0 atom stereocenters. The molecule has 0 bridgehead atoms. The second-order valence-electron chi connectivity index (χ2n) is 7.37. The molecule has 2 aromatic carbocycles. The van der Waals surface area contributed by atoms with Crippen molar-refractivity contribution in [2.45, 2.75) is 23.9 Å². The van der Waals surface area contributed by atoms with Crippen molar-refractivity contribution in [3.05, 3.63) is 88.1 Å². The zero-order valence-electron chi connectivity index (χ0n) is 19.1. The van der Waals surface area contributed by atoms with Crippen molar-refractivity contribution in [3.8, 4) is 17.6 Å². The summed E-state index contributed by atoms with van der Waals surface area (Å²) in [5, 5.41) is 9.42. The van der Waals surface area contributed by atoms with Crippen LogP contribution in [0.5, 0.6) is 11.5 Å². The second-order valence-corrected chi connectivity index (χ2v) is 8.34. The summed E-state index contributed by atoms with van der Waals surface area (Å²) in [6.07, 6.45) is -1.57. The number of carbonyl (C=O) groups excluding carboxylic acids is 1. The van der Waals surface area contributed by atoms with E-state index in [0.29, 0.717) is 28.2 Å². The van der Waals surface area contributed by atoms with Gasteiger partial charge in [-0.05, 0) is 54.5 Å². The topological polar surface area (TPSA) is 72.2 Å². The Labute approximate surface area is 205 Å². The first-order valence-electron chi connectivity index (χ1n) is 10.3. The maximum Gasteiger partial charge on any atom is 0.433 e. The predicted molar refractivity (Wildman–Crippen MR) is 128 cm³/mol. The summed E-state index contributed by atoms with van der Waals surface area (Å²) in [4.78, 5) is 16.3. The molecule has 3 rings (SSSR count). The third kappa shape index (κ3) is 6.22. The Morgan fingerprint density at radius 3 is 2.49 bits per heavy atom. The monoisotopic (exact) mass is 498 g/mol. The first-order chi connectivity index (χ1) is 16.7. The van der Waals surface area contributed by atoms with E-state index in [-0.39, 0.29) is 27.7 Å². The molecule has 3 aromatic rings. The van der Waals surface area contributed by atoms with Crippen LogP contribution in [-0.4, -0.2) is 25.0 Å². The fourth-order valence-corrected chi connectivity index (χ4v) is 4.33. The minimum absolute atomic E-state index is 0.00539. The molecule has 0 saturated carbocycles. The number of benzene rings is 2. The minimum atomic E-state index is -4.62. The lowest BCUT2D eigenvalue weighted by molar-refractivity contribution is -0.141. The highest BCUT2D eigenvalue weighted by atomic mass is 32.2. The number of para-hydroxylation sites is 1. The summed E-state index contributed by atoms with van der Waals surface area (Å²) in [5.41, 5.74) is 1.04. The number of aryl methyl sites for hydroxylation is 1. The number of rotatable bonds is 8. The van der Waals surface area contributed by atoms with E-state index in [0.717, 1.165) is 17.8 Å². The average molecular weight is 499 g/mol. The molecule has 0 N–H and O–H groups in total. The van der Waals surface area contributed by atoms with Crippen LogP contribution < -0.4 is 9.47 Å². The second kappa shape index (κ2) is 11.1. The third-order valence-corrected chi connectivity index (χ3v) is 6.08. The van der Waals surface area contributed by atoms with Crippen molar-refractivity contribution in [2.75, 3.05) is 14.2 Å². The highest BCUT2D eigenvalue weighted by Gasteiger charge is 2.34. The quantitative estimate of drug-likeness (QED) is 0.201. The Hall–Kier alpha value is -3.77. The molecule has 0 spiro atoms. The van der Waals surface area contributed by atoms with Crippen LogP contribution in [0.25, 0.3) is 6.08 Å². The highest BCUT2D eigenvalue weighted by molar-refractivity contribution is 7.98. The van der Waals surface area contributed by atoms with Crippen LogP contribution in [0.2, 0.25) is 0 Å². The van der Waals surface area contributed by atoms with Crippen molar-refractivity contribution in [1.29, 1.82) is 5.26 Å². The smallest absolute Gasteiger partial charge is 0.433 e. The zero-order chi connectivity index (χ0) is 25.6. The van der Waals surface area contributed by atoms with E-state index in [2.05, 4.69) is 4.98 Å². The molecular formula is C26H21F3N2O3S. The molecule has 0 radical (unpaired) electrons. The van der Waals surface area contributed by atoms with Crippen LogP contribution in [-0.2, 0) is 11.9 Å². The third-order valence-electron chi connectivity index (χ3n) is 5.05. The number of allylic oxidation sites excluding steroid dienone is 1. The van der Waals surface area contributed by atoms with Crippen molar-refractivity contribution in [2.24, 2.45) is 0 Å². The van der Waals surface area contributed by atoms with E-state index in [1.165, 1.54) is 27.2 Å². The molecule has 35 heavy (non-hydrogen) atoms. The molecule has 180 valence electrons. The molecule has 0 unspecified atom stereocenters. The number of hydrogen-bond donors (Lipinski definition) is 0. The largest absolute Gasteiger partial charge is 0.496 e. The van der Waals surface area contributed by atoms with E-state index in [4.69, 9.17) is 9.47 Å². The van der Waals surface area contributed by atoms with Crippen LogP contribution in [0.1, 0.15) is 38.3 Å². The predicted octanol–water partition coefficient (Wildman–Crippen LogP) is 6.49. The minimum Gasteiger partial charge on any atom is -0.496 e. The van der Waals surface area contributed by atoms with E-state index in [9.17, 15) is 23.2 Å². The van der Waals surface area contributed by atoms with Gasteiger partial charge in [-0.3, -0.25) is 4.79 Å². The molecule has 1 aromatic heterocycles. The summed E-state index contributed by atoms with van der Waals surface area (Å²) in [5.74, 6) is 0.948. The Kier molecular flexibility index (Phi) is 8.20. The van der Waals surface area contributed by atoms with Gasteiger partial charge in [-0.2, -0.15) is 18.4 Å². The summed E-state index contributed by atoms with van der Waals surface area (Å²) < 4.78 is 50.3. The maximum absolute atomic E-state index is 13.2. The zero-order valence-corrected chi connectivity index (χ0v) is 20.0. The highest BCUT2D eigenvalue weighted by Crippen LogP contribution is 2.35. The fourth-order valence-electron chi connectivity index (χ4n) is 3.30. The number of methoxy groups -OCH3 is 2. The number of nitriles is 1. The number of aromatic nitrogens is 1. The maximum atomic E-state index is 13.2. The van der Waals surface area contributed by atoms with Gasteiger partial charge < -0.3 is 9.47 Å². The fraction of sp³-hybridized carbons (Fsp3) is 0.192. The number of alkyl halides is 3. The van der Waals surface area contributed by atoms with Crippen molar-refractivity contribution >= 4 is 23.6 Å². The number of hydrogen-bond acceptors (Lipinski definition) is 6. The molecule has 0 saturated heterocycles. The van der Waals surface area contributed by atoms with Gasteiger partial charge in [0, 0.05) is 11.3 Å². The number of pyridine rings is 1. The van der Waals surface area contributed by atoms with Gasteiger partial charge in [-0.25, -0.2) is 4.98 Å². The molecule has 0 aliphatic carbocycles. The van der Waals surface area contributed by atoms with Gasteiger partial charge in [-0.15, -0.1) is 11.8 Å². The number of nitrogens with zero attached hydrogens (tertiary/aromatic N) is 2. The number of ketones is 1. The van der Waals surface area contributed by atoms with Crippen molar-refractivity contribution in [1.82, 2.24) is 4.98 Å². The van der Waals surface area contributed by atoms with Crippen molar-refractivity contribution < 1.29 is 27.4 Å².